The Bertz CT molecular complexity index is 238. The molecule has 1 saturated carbocycles. The predicted octanol–water partition coefficient (Wildman–Crippen LogP) is 1.62. The van der Waals surface area contributed by atoms with Crippen LogP contribution in [-0.4, -0.2) is 38.3 Å². The van der Waals surface area contributed by atoms with Gasteiger partial charge in [-0.15, -0.1) is 6.58 Å². The summed E-state index contributed by atoms with van der Waals surface area (Å²) < 4.78 is 5.78. The van der Waals surface area contributed by atoms with E-state index in [9.17, 15) is 4.79 Å². The van der Waals surface area contributed by atoms with E-state index in [4.69, 9.17) is 4.74 Å². The van der Waals surface area contributed by atoms with Crippen molar-refractivity contribution in [3.63, 3.8) is 0 Å². The Labute approximate surface area is 110 Å². The van der Waals surface area contributed by atoms with Gasteiger partial charge in [-0.1, -0.05) is 25.3 Å². The maximum Gasteiger partial charge on any atom is 0.233 e. The molecule has 1 rings (SSSR count). The molecule has 0 atom stereocenters. The number of hydrogen-bond acceptors (Lipinski definition) is 3. The summed E-state index contributed by atoms with van der Waals surface area (Å²) in [7, 11) is 0. The standard InChI is InChI=1S/C14H26N2O2/c1-2-9-15-12-14(17)16-10-6-11-18-13-7-4-3-5-8-13/h2,13,15H,1,3-12H2,(H,16,17). The fourth-order valence-electron chi connectivity index (χ4n) is 2.13. The summed E-state index contributed by atoms with van der Waals surface area (Å²) in [5.41, 5.74) is 0. The van der Waals surface area contributed by atoms with Crippen LogP contribution in [0.5, 0.6) is 0 Å². The quantitative estimate of drug-likeness (QED) is 0.485. The molecule has 2 N–H and O–H groups in total. The lowest BCUT2D eigenvalue weighted by molar-refractivity contribution is -0.120. The summed E-state index contributed by atoms with van der Waals surface area (Å²) >= 11 is 0. The first kappa shape index (κ1) is 15.2. The Morgan fingerprint density at radius 1 is 1.33 bits per heavy atom. The van der Waals surface area contributed by atoms with Gasteiger partial charge in [-0.3, -0.25) is 4.79 Å². The van der Waals surface area contributed by atoms with Gasteiger partial charge in [0.1, 0.15) is 0 Å². The van der Waals surface area contributed by atoms with Gasteiger partial charge in [0.15, 0.2) is 0 Å². The number of ether oxygens (including phenoxy) is 1. The molecule has 0 aliphatic heterocycles. The third kappa shape index (κ3) is 7.45. The van der Waals surface area contributed by atoms with Crippen LogP contribution in [0.15, 0.2) is 12.7 Å². The molecule has 18 heavy (non-hydrogen) atoms. The summed E-state index contributed by atoms with van der Waals surface area (Å²) in [6.07, 6.45) is 9.47. The molecule has 0 radical (unpaired) electrons. The molecular formula is C14H26N2O2. The van der Waals surface area contributed by atoms with Crippen molar-refractivity contribution in [3.8, 4) is 0 Å². The van der Waals surface area contributed by atoms with E-state index in [1.165, 1.54) is 32.1 Å². The van der Waals surface area contributed by atoms with Gasteiger partial charge in [-0.25, -0.2) is 0 Å². The van der Waals surface area contributed by atoms with Crippen LogP contribution in [0.3, 0.4) is 0 Å². The number of nitrogens with one attached hydrogen (secondary N) is 2. The summed E-state index contributed by atoms with van der Waals surface area (Å²) in [5, 5.41) is 5.83. The molecule has 0 heterocycles. The van der Waals surface area contributed by atoms with Crippen molar-refractivity contribution in [2.45, 2.75) is 44.6 Å². The molecule has 4 nitrogen and oxygen atoms in total. The predicted molar refractivity (Wildman–Crippen MR) is 73.5 cm³/mol. The third-order valence-electron chi connectivity index (χ3n) is 3.12. The van der Waals surface area contributed by atoms with E-state index in [1.807, 2.05) is 0 Å². The fourth-order valence-corrected chi connectivity index (χ4v) is 2.13. The van der Waals surface area contributed by atoms with E-state index in [2.05, 4.69) is 17.2 Å². The Kier molecular flexibility index (Phi) is 8.51. The molecule has 1 aliphatic rings. The molecule has 0 saturated heterocycles. The van der Waals surface area contributed by atoms with Gasteiger partial charge in [0.05, 0.1) is 12.6 Å². The molecule has 1 aliphatic carbocycles. The highest BCUT2D eigenvalue weighted by atomic mass is 16.5. The monoisotopic (exact) mass is 254 g/mol. The Balaban J connectivity index is 1.88. The van der Waals surface area contributed by atoms with Crippen LogP contribution in [-0.2, 0) is 9.53 Å². The molecule has 0 spiro atoms. The lowest BCUT2D eigenvalue weighted by atomic mass is 9.98. The van der Waals surface area contributed by atoms with Crippen LogP contribution in [0.25, 0.3) is 0 Å². The van der Waals surface area contributed by atoms with Crippen molar-refractivity contribution in [2.75, 3.05) is 26.2 Å². The van der Waals surface area contributed by atoms with Gasteiger partial charge in [0.25, 0.3) is 0 Å². The lowest BCUT2D eigenvalue weighted by Crippen LogP contribution is -2.34. The van der Waals surface area contributed by atoms with Gasteiger partial charge in [-0.2, -0.15) is 0 Å². The normalized spacial score (nSPS) is 16.4. The zero-order valence-corrected chi connectivity index (χ0v) is 11.2. The number of rotatable bonds is 9. The first-order chi connectivity index (χ1) is 8.83. The van der Waals surface area contributed by atoms with Crippen LogP contribution in [0.1, 0.15) is 38.5 Å². The second-order valence-electron chi connectivity index (χ2n) is 4.75. The summed E-state index contributed by atoms with van der Waals surface area (Å²) in [5.74, 6) is 0.0366. The van der Waals surface area contributed by atoms with Crippen molar-refractivity contribution in [3.05, 3.63) is 12.7 Å². The van der Waals surface area contributed by atoms with Gasteiger partial charge < -0.3 is 15.4 Å². The maximum atomic E-state index is 11.3. The second kappa shape index (κ2) is 10.1. The van der Waals surface area contributed by atoms with Crippen molar-refractivity contribution >= 4 is 5.91 Å². The van der Waals surface area contributed by atoms with Crippen LogP contribution in [0.4, 0.5) is 0 Å². The molecule has 0 aromatic rings. The first-order valence-electron chi connectivity index (χ1n) is 7.03. The molecule has 0 aromatic carbocycles. The molecule has 0 unspecified atom stereocenters. The van der Waals surface area contributed by atoms with Gasteiger partial charge >= 0.3 is 0 Å². The maximum absolute atomic E-state index is 11.3. The van der Waals surface area contributed by atoms with E-state index >= 15 is 0 Å². The van der Waals surface area contributed by atoms with Crippen LogP contribution < -0.4 is 10.6 Å². The van der Waals surface area contributed by atoms with Crippen molar-refractivity contribution in [1.29, 1.82) is 0 Å². The Hall–Kier alpha value is -0.870. The zero-order chi connectivity index (χ0) is 13.1. The molecule has 1 amide bonds. The summed E-state index contributed by atoms with van der Waals surface area (Å²) in [6, 6.07) is 0. The molecule has 104 valence electrons. The van der Waals surface area contributed by atoms with E-state index in [0.29, 0.717) is 25.7 Å². The van der Waals surface area contributed by atoms with E-state index in [0.717, 1.165) is 13.0 Å². The van der Waals surface area contributed by atoms with Gasteiger partial charge in [0.2, 0.25) is 5.91 Å². The molecule has 0 bridgehead atoms. The SMILES string of the molecule is C=CCNCC(=O)NCCCOC1CCCCC1. The third-order valence-corrected chi connectivity index (χ3v) is 3.12. The molecular weight excluding hydrogens is 228 g/mol. The molecule has 1 fully saturated rings. The average molecular weight is 254 g/mol. The highest BCUT2D eigenvalue weighted by Crippen LogP contribution is 2.20. The first-order valence-corrected chi connectivity index (χ1v) is 7.03. The smallest absolute Gasteiger partial charge is 0.233 e. The fraction of sp³-hybridized carbons (Fsp3) is 0.786. The number of amides is 1. The Morgan fingerprint density at radius 2 is 2.11 bits per heavy atom. The van der Waals surface area contributed by atoms with Crippen molar-refractivity contribution in [2.24, 2.45) is 0 Å². The van der Waals surface area contributed by atoms with E-state index in [-0.39, 0.29) is 5.91 Å². The minimum Gasteiger partial charge on any atom is -0.378 e. The van der Waals surface area contributed by atoms with Crippen LogP contribution in [0.2, 0.25) is 0 Å². The van der Waals surface area contributed by atoms with Crippen molar-refractivity contribution < 1.29 is 9.53 Å². The number of carbonyl (C=O) groups excluding carboxylic acids is 1. The topological polar surface area (TPSA) is 50.4 Å². The summed E-state index contributed by atoms with van der Waals surface area (Å²) in [6.45, 7) is 6.05. The number of carbonyl (C=O) groups is 1. The highest BCUT2D eigenvalue weighted by molar-refractivity contribution is 5.77. The minimum atomic E-state index is 0.0366. The van der Waals surface area contributed by atoms with E-state index in [1.54, 1.807) is 6.08 Å². The van der Waals surface area contributed by atoms with Gasteiger partial charge in [-0.05, 0) is 19.3 Å². The van der Waals surface area contributed by atoms with E-state index < -0.39 is 0 Å². The van der Waals surface area contributed by atoms with Crippen LogP contribution >= 0.6 is 0 Å². The minimum absolute atomic E-state index is 0.0366. The van der Waals surface area contributed by atoms with Crippen molar-refractivity contribution in [1.82, 2.24) is 10.6 Å². The summed E-state index contributed by atoms with van der Waals surface area (Å²) in [4.78, 5) is 11.3. The number of hydrogen-bond donors (Lipinski definition) is 2. The molecule has 0 aromatic heterocycles. The Morgan fingerprint density at radius 3 is 2.83 bits per heavy atom. The van der Waals surface area contributed by atoms with Gasteiger partial charge in [0, 0.05) is 19.7 Å². The van der Waals surface area contributed by atoms with Crippen LogP contribution in [0, 0.1) is 0 Å². The lowest BCUT2D eigenvalue weighted by Gasteiger charge is -2.21. The molecule has 4 heteroatoms. The highest BCUT2D eigenvalue weighted by Gasteiger charge is 2.12. The zero-order valence-electron chi connectivity index (χ0n) is 11.2. The average Bonchev–Trinajstić information content (AvgIpc) is 2.40. The largest absolute Gasteiger partial charge is 0.378 e. The second-order valence-corrected chi connectivity index (χ2v) is 4.75.